The van der Waals surface area contributed by atoms with E-state index < -0.39 is 15.9 Å². The Balaban J connectivity index is 1.89. The minimum absolute atomic E-state index is 0.108. The molecule has 178 valence electrons. The number of hydrogen-bond donors (Lipinski definition) is 3. The van der Waals surface area contributed by atoms with Crippen molar-refractivity contribution in [3.8, 4) is 5.75 Å². The van der Waals surface area contributed by atoms with Crippen molar-refractivity contribution in [3.63, 3.8) is 0 Å². The van der Waals surface area contributed by atoms with Crippen LogP contribution in [0.3, 0.4) is 0 Å². The molecule has 0 atom stereocenters. The van der Waals surface area contributed by atoms with Crippen LogP contribution in [0.4, 0.5) is 17.1 Å². The van der Waals surface area contributed by atoms with E-state index in [1.165, 1.54) is 25.3 Å². The number of ether oxygens (including phenoxy) is 1. The Labute approximate surface area is 199 Å². The molecule has 8 nitrogen and oxygen atoms in total. The molecule has 0 aromatic heterocycles. The Hall–Kier alpha value is -3.85. The summed E-state index contributed by atoms with van der Waals surface area (Å²) in [6.45, 7) is 5.46. The molecule has 3 rings (SSSR count). The van der Waals surface area contributed by atoms with E-state index >= 15 is 0 Å². The molecule has 0 saturated carbocycles. The SMILES string of the molecule is CCC(=O)Nc1ccc(C)c(NC(=O)c2ccc(OC)c(S(=O)(=O)Nc3ccc(C)cc3)c2)c1. The van der Waals surface area contributed by atoms with E-state index in [9.17, 15) is 18.0 Å². The van der Waals surface area contributed by atoms with Crippen molar-refractivity contribution < 1.29 is 22.7 Å². The monoisotopic (exact) mass is 481 g/mol. The Kier molecular flexibility index (Phi) is 7.57. The molecular formula is C25H27N3O5S. The minimum atomic E-state index is -4.03. The van der Waals surface area contributed by atoms with Gasteiger partial charge in [0.2, 0.25) is 5.91 Å². The van der Waals surface area contributed by atoms with E-state index in [4.69, 9.17) is 4.74 Å². The number of rotatable bonds is 8. The molecular weight excluding hydrogens is 454 g/mol. The molecule has 0 unspecified atom stereocenters. The van der Waals surface area contributed by atoms with Crippen LogP contribution in [0.1, 0.15) is 34.8 Å². The number of aryl methyl sites for hydroxylation is 2. The number of benzene rings is 3. The molecule has 34 heavy (non-hydrogen) atoms. The zero-order valence-corrected chi connectivity index (χ0v) is 20.2. The number of sulfonamides is 1. The van der Waals surface area contributed by atoms with Gasteiger partial charge >= 0.3 is 0 Å². The van der Waals surface area contributed by atoms with Gasteiger partial charge in [0.1, 0.15) is 10.6 Å². The fourth-order valence-corrected chi connectivity index (χ4v) is 4.39. The van der Waals surface area contributed by atoms with Crippen molar-refractivity contribution in [2.24, 2.45) is 0 Å². The molecule has 3 aromatic rings. The van der Waals surface area contributed by atoms with E-state index in [1.54, 1.807) is 49.4 Å². The molecule has 0 spiro atoms. The third-order valence-electron chi connectivity index (χ3n) is 5.11. The van der Waals surface area contributed by atoms with Gasteiger partial charge in [0.05, 0.1) is 7.11 Å². The zero-order chi connectivity index (χ0) is 24.9. The van der Waals surface area contributed by atoms with Crippen molar-refractivity contribution in [3.05, 3.63) is 77.4 Å². The number of nitrogens with one attached hydrogen (secondary N) is 3. The van der Waals surface area contributed by atoms with E-state index in [0.717, 1.165) is 11.1 Å². The van der Waals surface area contributed by atoms with E-state index in [0.29, 0.717) is 23.5 Å². The Bertz CT molecular complexity index is 1320. The van der Waals surface area contributed by atoms with Gasteiger partial charge in [-0.05, 0) is 61.9 Å². The van der Waals surface area contributed by atoms with Crippen LogP contribution in [0, 0.1) is 13.8 Å². The first-order valence-electron chi connectivity index (χ1n) is 10.6. The standard InChI is InChI=1S/C25H27N3O5S/c1-5-24(29)26-20-12-8-17(3)21(15-20)27-25(30)18-9-13-22(33-4)23(14-18)34(31,32)28-19-10-6-16(2)7-11-19/h6-15,28H,5H2,1-4H3,(H,26,29)(H,27,30). The van der Waals surface area contributed by atoms with E-state index in [1.807, 2.05) is 13.8 Å². The van der Waals surface area contributed by atoms with Crippen LogP contribution in [0.15, 0.2) is 65.6 Å². The van der Waals surface area contributed by atoms with Crippen molar-refractivity contribution in [2.75, 3.05) is 22.5 Å². The molecule has 0 fully saturated rings. The molecule has 2 amide bonds. The predicted octanol–water partition coefficient (Wildman–Crippen LogP) is 4.71. The average molecular weight is 482 g/mol. The Morgan fingerprint density at radius 3 is 2.21 bits per heavy atom. The highest BCUT2D eigenvalue weighted by Crippen LogP contribution is 2.28. The van der Waals surface area contributed by atoms with Gasteiger partial charge in [-0.15, -0.1) is 0 Å². The van der Waals surface area contributed by atoms with Crippen LogP contribution >= 0.6 is 0 Å². The van der Waals surface area contributed by atoms with Crippen molar-refractivity contribution in [1.82, 2.24) is 0 Å². The zero-order valence-electron chi connectivity index (χ0n) is 19.4. The summed E-state index contributed by atoms with van der Waals surface area (Å²) in [6.07, 6.45) is 0.329. The minimum Gasteiger partial charge on any atom is -0.495 e. The second kappa shape index (κ2) is 10.4. The lowest BCUT2D eigenvalue weighted by molar-refractivity contribution is -0.115. The van der Waals surface area contributed by atoms with Crippen molar-refractivity contribution in [1.29, 1.82) is 0 Å². The summed E-state index contributed by atoms with van der Waals surface area (Å²) >= 11 is 0. The van der Waals surface area contributed by atoms with Crippen LogP contribution in [0.5, 0.6) is 5.75 Å². The highest BCUT2D eigenvalue weighted by atomic mass is 32.2. The van der Waals surface area contributed by atoms with Crippen LogP contribution in [0.2, 0.25) is 0 Å². The molecule has 9 heteroatoms. The molecule has 0 bridgehead atoms. The number of carbonyl (C=O) groups excluding carboxylic acids is 2. The van der Waals surface area contributed by atoms with E-state index in [2.05, 4.69) is 15.4 Å². The molecule has 3 aromatic carbocycles. The molecule has 3 N–H and O–H groups in total. The van der Waals surface area contributed by atoms with Gasteiger partial charge in [-0.2, -0.15) is 0 Å². The van der Waals surface area contributed by atoms with Crippen molar-refractivity contribution in [2.45, 2.75) is 32.1 Å². The maximum Gasteiger partial charge on any atom is 0.265 e. The van der Waals surface area contributed by atoms with Crippen LogP contribution in [-0.4, -0.2) is 27.3 Å². The van der Waals surface area contributed by atoms with Gasteiger partial charge in [-0.3, -0.25) is 14.3 Å². The van der Waals surface area contributed by atoms with Gasteiger partial charge in [0, 0.05) is 29.0 Å². The van der Waals surface area contributed by atoms with Crippen LogP contribution < -0.4 is 20.1 Å². The number of methoxy groups -OCH3 is 1. The Morgan fingerprint density at radius 2 is 1.56 bits per heavy atom. The van der Waals surface area contributed by atoms with Gasteiger partial charge < -0.3 is 15.4 Å². The lowest BCUT2D eigenvalue weighted by Crippen LogP contribution is -2.17. The highest BCUT2D eigenvalue weighted by Gasteiger charge is 2.22. The molecule has 0 saturated heterocycles. The molecule has 0 aliphatic heterocycles. The maximum atomic E-state index is 13.1. The summed E-state index contributed by atoms with van der Waals surface area (Å²) in [5.41, 5.74) is 3.35. The quantitative estimate of drug-likeness (QED) is 0.431. The largest absolute Gasteiger partial charge is 0.495 e. The first-order valence-corrected chi connectivity index (χ1v) is 12.1. The second-order valence-corrected chi connectivity index (χ2v) is 9.37. The highest BCUT2D eigenvalue weighted by molar-refractivity contribution is 7.92. The Morgan fingerprint density at radius 1 is 0.882 bits per heavy atom. The maximum absolute atomic E-state index is 13.1. The third-order valence-corrected chi connectivity index (χ3v) is 6.51. The summed E-state index contributed by atoms with van der Waals surface area (Å²) in [4.78, 5) is 24.5. The summed E-state index contributed by atoms with van der Waals surface area (Å²) in [5.74, 6) is -0.541. The van der Waals surface area contributed by atoms with Crippen LogP contribution in [-0.2, 0) is 14.8 Å². The fraction of sp³-hybridized carbons (Fsp3) is 0.200. The molecule has 0 heterocycles. The lowest BCUT2D eigenvalue weighted by atomic mass is 10.1. The van der Waals surface area contributed by atoms with Crippen LogP contribution in [0.25, 0.3) is 0 Å². The number of anilines is 3. The number of amides is 2. The summed E-state index contributed by atoms with van der Waals surface area (Å²) in [6, 6.07) is 16.2. The van der Waals surface area contributed by atoms with Gasteiger partial charge in [0.25, 0.3) is 15.9 Å². The fourth-order valence-electron chi connectivity index (χ4n) is 3.14. The first kappa shape index (κ1) is 24.8. The average Bonchev–Trinajstić information content (AvgIpc) is 2.82. The number of hydrogen-bond acceptors (Lipinski definition) is 5. The normalized spacial score (nSPS) is 10.9. The summed E-state index contributed by atoms with van der Waals surface area (Å²) < 4.78 is 33.9. The molecule has 0 aliphatic rings. The van der Waals surface area contributed by atoms with E-state index in [-0.39, 0.29) is 22.1 Å². The topological polar surface area (TPSA) is 114 Å². The van der Waals surface area contributed by atoms with Gasteiger partial charge in [-0.1, -0.05) is 30.7 Å². The molecule has 0 radical (unpaired) electrons. The number of carbonyl (C=O) groups is 2. The lowest BCUT2D eigenvalue weighted by Gasteiger charge is -2.14. The first-order chi connectivity index (χ1) is 16.1. The van der Waals surface area contributed by atoms with Gasteiger partial charge in [-0.25, -0.2) is 8.42 Å². The smallest absolute Gasteiger partial charge is 0.265 e. The summed E-state index contributed by atoms with van der Waals surface area (Å²) in [7, 11) is -2.67. The third kappa shape index (κ3) is 5.93. The predicted molar refractivity (Wildman–Crippen MR) is 133 cm³/mol. The molecule has 0 aliphatic carbocycles. The second-order valence-electron chi connectivity index (χ2n) is 7.72. The van der Waals surface area contributed by atoms with Gasteiger partial charge in [0.15, 0.2) is 0 Å². The van der Waals surface area contributed by atoms with Crippen molar-refractivity contribution >= 4 is 38.9 Å². The summed E-state index contributed by atoms with van der Waals surface area (Å²) in [5, 5.41) is 5.53.